The fourth-order valence-corrected chi connectivity index (χ4v) is 2.46. The number of rotatable bonds is 5. The van der Waals surface area contributed by atoms with Gasteiger partial charge >= 0.3 is 5.97 Å². The summed E-state index contributed by atoms with van der Waals surface area (Å²) in [5, 5.41) is 5.71. The summed E-state index contributed by atoms with van der Waals surface area (Å²) in [5.74, 6) is -0.725. The van der Waals surface area contributed by atoms with Crippen molar-refractivity contribution in [2.24, 2.45) is 11.0 Å². The molecule has 1 aromatic rings. The molecule has 1 aromatic carbocycles. The first-order valence-electron chi connectivity index (χ1n) is 6.83. The normalized spacial score (nSPS) is 17.9. The first kappa shape index (κ1) is 15.7. The summed E-state index contributed by atoms with van der Waals surface area (Å²) >= 11 is 3.36. The van der Waals surface area contributed by atoms with E-state index >= 15 is 0 Å². The second-order valence-electron chi connectivity index (χ2n) is 4.76. The lowest BCUT2D eigenvalue weighted by atomic mass is 9.98. The Labute approximate surface area is 132 Å². The molecule has 0 fully saturated rings. The summed E-state index contributed by atoms with van der Waals surface area (Å²) in [6.07, 6.45) is 0.658. The summed E-state index contributed by atoms with van der Waals surface area (Å²) in [4.78, 5) is 23.8. The minimum atomic E-state index is -0.349. The third-order valence-electron chi connectivity index (χ3n) is 3.28. The van der Waals surface area contributed by atoms with Gasteiger partial charge in [0.15, 0.2) is 0 Å². The molecule has 1 unspecified atom stereocenters. The largest absolute Gasteiger partial charge is 0.466 e. The van der Waals surface area contributed by atoms with E-state index in [1.54, 1.807) is 6.92 Å². The Kier molecular flexibility index (Phi) is 5.12. The molecule has 1 aliphatic heterocycles. The zero-order valence-electron chi connectivity index (χ0n) is 12.0. The molecule has 2 rings (SSSR count). The number of amides is 1. The molecule has 1 atom stereocenters. The zero-order valence-corrected chi connectivity index (χ0v) is 13.6. The summed E-state index contributed by atoms with van der Waals surface area (Å²) in [6.45, 7) is 3.93. The van der Waals surface area contributed by atoms with Crippen LogP contribution in [0.4, 0.5) is 5.69 Å². The fourth-order valence-electron chi connectivity index (χ4n) is 2.20. The third kappa shape index (κ3) is 3.69. The molecule has 1 aliphatic rings. The Morgan fingerprint density at radius 3 is 2.67 bits per heavy atom. The SMILES string of the molecule is CCOC(=O)CCC1C(=O)N(c2ccc(Br)cc2)N=C1C. The number of benzene rings is 1. The lowest BCUT2D eigenvalue weighted by molar-refractivity contribution is -0.143. The average molecular weight is 353 g/mol. The first-order valence-corrected chi connectivity index (χ1v) is 7.62. The quantitative estimate of drug-likeness (QED) is 0.764. The molecule has 0 N–H and O–H groups in total. The van der Waals surface area contributed by atoms with Crippen LogP contribution in [-0.4, -0.2) is 24.2 Å². The first-order chi connectivity index (χ1) is 10.0. The second kappa shape index (κ2) is 6.85. The number of ether oxygens (including phenoxy) is 1. The molecule has 112 valence electrons. The molecule has 0 saturated heterocycles. The van der Waals surface area contributed by atoms with E-state index < -0.39 is 0 Å². The van der Waals surface area contributed by atoms with E-state index in [-0.39, 0.29) is 24.2 Å². The predicted octanol–water partition coefficient (Wildman–Crippen LogP) is 3.13. The van der Waals surface area contributed by atoms with E-state index in [2.05, 4.69) is 21.0 Å². The van der Waals surface area contributed by atoms with E-state index in [0.717, 1.165) is 15.9 Å². The summed E-state index contributed by atoms with van der Waals surface area (Å²) in [7, 11) is 0. The van der Waals surface area contributed by atoms with Crippen molar-refractivity contribution in [3.8, 4) is 0 Å². The molecule has 0 spiro atoms. The molecule has 1 amide bonds. The van der Waals surface area contributed by atoms with E-state index in [1.807, 2.05) is 31.2 Å². The molecule has 0 aliphatic carbocycles. The van der Waals surface area contributed by atoms with Crippen LogP contribution in [0.15, 0.2) is 33.8 Å². The van der Waals surface area contributed by atoms with Crippen LogP contribution in [0.1, 0.15) is 26.7 Å². The van der Waals surface area contributed by atoms with Crippen LogP contribution in [0.5, 0.6) is 0 Å². The van der Waals surface area contributed by atoms with Gasteiger partial charge in [-0.3, -0.25) is 9.59 Å². The number of carbonyl (C=O) groups excluding carboxylic acids is 2. The average Bonchev–Trinajstić information content (AvgIpc) is 2.73. The topological polar surface area (TPSA) is 59.0 Å². The highest BCUT2D eigenvalue weighted by molar-refractivity contribution is 9.10. The monoisotopic (exact) mass is 352 g/mol. The van der Waals surface area contributed by atoms with E-state index in [9.17, 15) is 9.59 Å². The minimum Gasteiger partial charge on any atom is -0.466 e. The van der Waals surface area contributed by atoms with Crippen LogP contribution < -0.4 is 5.01 Å². The fraction of sp³-hybridized carbons (Fsp3) is 0.400. The maximum Gasteiger partial charge on any atom is 0.305 e. The molecule has 5 nitrogen and oxygen atoms in total. The predicted molar refractivity (Wildman–Crippen MR) is 84.1 cm³/mol. The van der Waals surface area contributed by atoms with Crippen LogP contribution in [0.25, 0.3) is 0 Å². The number of carbonyl (C=O) groups is 2. The molecule has 0 aromatic heterocycles. The van der Waals surface area contributed by atoms with Crippen LogP contribution in [0, 0.1) is 5.92 Å². The van der Waals surface area contributed by atoms with Gasteiger partial charge in [0.2, 0.25) is 0 Å². The van der Waals surface area contributed by atoms with Gasteiger partial charge in [0, 0.05) is 16.6 Å². The van der Waals surface area contributed by atoms with E-state index in [1.165, 1.54) is 5.01 Å². The van der Waals surface area contributed by atoms with Gasteiger partial charge in [-0.2, -0.15) is 5.10 Å². The van der Waals surface area contributed by atoms with Gasteiger partial charge in [-0.15, -0.1) is 0 Å². The molecule has 0 bridgehead atoms. The lowest BCUT2D eigenvalue weighted by Gasteiger charge is -2.14. The molecular formula is C15H17BrN2O3. The smallest absolute Gasteiger partial charge is 0.305 e. The van der Waals surface area contributed by atoms with E-state index in [4.69, 9.17) is 4.74 Å². The Balaban J connectivity index is 2.04. The number of halogens is 1. The van der Waals surface area contributed by atoms with Crippen molar-refractivity contribution in [3.05, 3.63) is 28.7 Å². The maximum absolute atomic E-state index is 12.4. The Morgan fingerprint density at radius 1 is 1.38 bits per heavy atom. The van der Waals surface area contributed by atoms with Crippen molar-refractivity contribution in [2.45, 2.75) is 26.7 Å². The highest BCUT2D eigenvalue weighted by Gasteiger charge is 2.34. The van der Waals surface area contributed by atoms with Crippen LogP contribution >= 0.6 is 15.9 Å². The molecule has 0 radical (unpaired) electrons. The van der Waals surface area contributed by atoms with Crippen molar-refractivity contribution >= 4 is 39.2 Å². The van der Waals surface area contributed by atoms with Crippen LogP contribution in [-0.2, 0) is 14.3 Å². The number of hydrogen-bond donors (Lipinski definition) is 0. The molecule has 6 heteroatoms. The molecule has 21 heavy (non-hydrogen) atoms. The summed E-state index contributed by atoms with van der Waals surface area (Å²) in [6, 6.07) is 7.37. The van der Waals surface area contributed by atoms with Crippen LogP contribution in [0.2, 0.25) is 0 Å². The third-order valence-corrected chi connectivity index (χ3v) is 3.81. The Hall–Kier alpha value is -1.69. The van der Waals surface area contributed by atoms with Gasteiger partial charge in [-0.25, -0.2) is 5.01 Å². The van der Waals surface area contributed by atoms with Crippen molar-refractivity contribution in [2.75, 3.05) is 11.6 Å². The second-order valence-corrected chi connectivity index (χ2v) is 5.68. The lowest BCUT2D eigenvalue weighted by Crippen LogP contribution is -2.27. The van der Waals surface area contributed by atoms with Gasteiger partial charge in [0.25, 0.3) is 5.91 Å². The Morgan fingerprint density at radius 2 is 2.05 bits per heavy atom. The number of anilines is 1. The van der Waals surface area contributed by atoms with Gasteiger partial charge in [0.1, 0.15) is 0 Å². The number of hydrogen-bond acceptors (Lipinski definition) is 4. The Bertz CT molecular complexity index is 569. The molecular weight excluding hydrogens is 336 g/mol. The van der Waals surface area contributed by atoms with Gasteiger partial charge in [-0.1, -0.05) is 15.9 Å². The van der Waals surface area contributed by atoms with Gasteiger partial charge in [0.05, 0.1) is 18.2 Å². The van der Waals surface area contributed by atoms with Crippen molar-refractivity contribution in [3.63, 3.8) is 0 Å². The molecule has 1 heterocycles. The van der Waals surface area contributed by atoms with Crippen molar-refractivity contribution in [1.82, 2.24) is 0 Å². The standard InChI is InChI=1S/C15H17BrN2O3/c1-3-21-14(19)9-8-13-10(2)17-18(15(13)20)12-6-4-11(16)5-7-12/h4-7,13H,3,8-9H2,1-2H3. The maximum atomic E-state index is 12.4. The number of nitrogens with zero attached hydrogens (tertiary/aromatic N) is 2. The highest BCUT2D eigenvalue weighted by atomic mass is 79.9. The van der Waals surface area contributed by atoms with Crippen molar-refractivity contribution in [1.29, 1.82) is 0 Å². The minimum absolute atomic E-state index is 0.0980. The van der Waals surface area contributed by atoms with Gasteiger partial charge < -0.3 is 4.74 Å². The zero-order chi connectivity index (χ0) is 15.4. The molecule has 0 saturated carbocycles. The summed E-state index contributed by atoms with van der Waals surface area (Å²) in [5.41, 5.74) is 1.45. The van der Waals surface area contributed by atoms with Crippen LogP contribution in [0.3, 0.4) is 0 Å². The van der Waals surface area contributed by atoms with Gasteiger partial charge in [-0.05, 0) is 44.5 Å². The summed E-state index contributed by atoms with van der Waals surface area (Å²) < 4.78 is 5.83. The van der Waals surface area contributed by atoms with E-state index in [0.29, 0.717) is 13.0 Å². The number of hydrazone groups is 1. The number of esters is 1. The highest BCUT2D eigenvalue weighted by Crippen LogP contribution is 2.27. The van der Waals surface area contributed by atoms with Crippen molar-refractivity contribution < 1.29 is 14.3 Å².